The Hall–Kier alpha value is -2.41. The molecule has 4 rings (SSSR count). The fourth-order valence-electron chi connectivity index (χ4n) is 3.63. The zero-order chi connectivity index (χ0) is 17.8. The molecule has 3 heterocycles. The number of carbonyl (C=O) groups is 1. The minimum atomic E-state index is -2.98. The molecule has 1 unspecified atom stereocenters. The second kappa shape index (κ2) is 5.56. The highest BCUT2D eigenvalue weighted by molar-refractivity contribution is 7.91. The number of amides is 1. The quantitative estimate of drug-likeness (QED) is 0.837. The number of hydrogen-bond donors (Lipinski definition) is 1. The summed E-state index contributed by atoms with van der Waals surface area (Å²) in [4.78, 5) is 12.3. The summed E-state index contributed by atoms with van der Waals surface area (Å²) in [5.41, 5.74) is 4.87. The molecule has 2 aliphatic rings. The Morgan fingerprint density at radius 2 is 2.04 bits per heavy atom. The molecule has 6 nitrogen and oxygen atoms in total. The van der Waals surface area contributed by atoms with E-state index >= 15 is 0 Å². The maximum absolute atomic E-state index is 12.3. The number of rotatable bonds is 2. The van der Waals surface area contributed by atoms with E-state index in [1.807, 2.05) is 48.9 Å². The van der Waals surface area contributed by atoms with Crippen LogP contribution in [0, 0.1) is 13.8 Å². The minimum absolute atomic E-state index is 0.124. The van der Waals surface area contributed by atoms with E-state index in [1.54, 1.807) is 0 Å². The highest BCUT2D eigenvalue weighted by Gasteiger charge is 2.32. The summed E-state index contributed by atoms with van der Waals surface area (Å²) in [6.45, 7) is 3.81. The first-order valence-corrected chi connectivity index (χ1v) is 10.1. The maximum atomic E-state index is 12.3. The van der Waals surface area contributed by atoms with E-state index in [-0.39, 0.29) is 23.5 Å². The summed E-state index contributed by atoms with van der Waals surface area (Å²) in [7, 11) is -2.98. The van der Waals surface area contributed by atoms with Gasteiger partial charge in [0.2, 0.25) is 0 Å². The van der Waals surface area contributed by atoms with Crippen LogP contribution in [0.5, 0.6) is 0 Å². The monoisotopic (exact) mass is 357 g/mol. The molecule has 1 aromatic carbocycles. The zero-order valence-electron chi connectivity index (χ0n) is 14.1. The van der Waals surface area contributed by atoms with Crippen molar-refractivity contribution in [2.75, 3.05) is 16.8 Å². The number of nitrogens with zero attached hydrogens (tertiary/aromatic N) is 2. The second-order valence-electron chi connectivity index (χ2n) is 6.64. The number of aromatic nitrogens is 2. The normalized spacial score (nSPS) is 23.0. The van der Waals surface area contributed by atoms with Crippen LogP contribution in [0.25, 0.3) is 11.6 Å². The van der Waals surface area contributed by atoms with Gasteiger partial charge in [0.15, 0.2) is 9.84 Å². The van der Waals surface area contributed by atoms with Crippen molar-refractivity contribution in [1.82, 2.24) is 9.78 Å². The van der Waals surface area contributed by atoms with Gasteiger partial charge < -0.3 is 5.32 Å². The van der Waals surface area contributed by atoms with E-state index in [2.05, 4.69) is 10.4 Å². The zero-order valence-corrected chi connectivity index (χ0v) is 14.9. The van der Waals surface area contributed by atoms with Gasteiger partial charge in [-0.15, -0.1) is 0 Å². The van der Waals surface area contributed by atoms with Gasteiger partial charge in [-0.05, 0) is 32.4 Å². The van der Waals surface area contributed by atoms with Crippen LogP contribution in [0.3, 0.4) is 0 Å². The van der Waals surface area contributed by atoms with Gasteiger partial charge >= 0.3 is 0 Å². The summed E-state index contributed by atoms with van der Waals surface area (Å²) in [5, 5.41) is 7.42. The summed E-state index contributed by atoms with van der Waals surface area (Å²) in [5.74, 6) is 0.215. The number of hydrogen-bond acceptors (Lipinski definition) is 4. The molecule has 0 bridgehead atoms. The number of carbonyl (C=O) groups excluding carboxylic acids is 1. The lowest BCUT2D eigenvalue weighted by atomic mass is 10.0. The van der Waals surface area contributed by atoms with E-state index in [0.717, 1.165) is 28.2 Å². The lowest BCUT2D eigenvalue weighted by Gasteiger charge is -2.11. The first-order valence-electron chi connectivity index (χ1n) is 8.24. The fourth-order valence-corrected chi connectivity index (χ4v) is 5.33. The second-order valence-corrected chi connectivity index (χ2v) is 8.87. The van der Waals surface area contributed by atoms with Gasteiger partial charge in [0.25, 0.3) is 5.91 Å². The van der Waals surface area contributed by atoms with Gasteiger partial charge in [-0.1, -0.05) is 18.2 Å². The Kier molecular flexibility index (Phi) is 3.57. The van der Waals surface area contributed by atoms with Crippen molar-refractivity contribution in [3.05, 3.63) is 46.8 Å². The molecule has 2 aromatic rings. The van der Waals surface area contributed by atoms with Crippen LogP contribution in [0.15, 0.2) is 24.3 Å². The number of nitrogens with one attached hydrogen (secondary N) is 1. The molecule has 0 spiro atoms. The highest BCUT2D eigenvalue weighted by atomic mass is 32.2. The van der Waals surface area contributed by atoms with E-state index in [0.29, 0.717) is 12.0 Å². The van der Waals surface area contributed by atoms with Crippen LogP contribution in [0.2, 0.25) is 0 Å². The summed E-state index contributed by atoms with van der Waals surface area (Å²) in [6.07, 6.45) is 2.45. The average molecular weight is 357 g/mol. The molecule has 1 aromatic heterocycles. The molecule has 0 saturated carbocycles. The SMILES string of the molecule is Cc1nn(C2CCS(=O)(=O)C2)c(C)c1C=C1C(=O)Nc2ccccc21. The summed E-state index contributed by atoms with van der Waals surface area (Å²) < 4.78 is 25.4. The predicted molar refractivity (Wildman–Crippen MR) is 97.0 cm³/mol. The Bertz CT molecular complexity index is 1020. The molecule has 1 atom stereocenters. The number of sulfone groups is 1. The first-order chi connectivity index (χ1) is 11.9. The molecule has 0 radical (unpaired) electrons. The van der Waals surface area contributed by atoms with Gasteiger partial charge in [-0.25, -0.2) is 8.42 Å². The molecule has 1 fully saturated rings. The largest absolute Gasteiger partial charge is 0.321 e. The third kappa shape index (κ3) is 2.68. The lowest BCUT2D eigenvalue weighted by molar-refractivity contribution is -0.110. The van der Waals surface area contributed by atoms with Crippen LogP contribution in [0.1, 0.15) is 35.0 Å². The molecule has 1 amide bonds. The third-order valence-corrected chi connectivity index (χ3v) is 6.68. The average Bonchev–Trinajstić information content (AvgIpc) is 3.16. The third-order valence-electron chi connectivity index (χ3n) is 4.93. The maximum Gasteiger partial charge on any atom is 0.256 e. The van der Waals surface area contributed by atoms with E-state index in [9.17, 15) is 13.2 Å². The Morgan fingerprint density at radius 3 is 2.76 bits per heavy atom. The van der Waals surface area contributed by atoms with Crippen molar-refractivity contribution >= 4 is 33.1 Å². The van der Waals surface area contributed by atoms with Crippen LogP contribution < -0.4 is 5.32 Å². The van der Waals surface area contributed by atoms with Gasteiger partial charge in [-0.2, -0.15) is 5.10 Å². The molecule has 130 valence electrons. The Morgan fingerprint density at radius 1 is 1.28 bits per heavy atom. The Labute approximate surface area is 146 Å². The van der Waals surface area contributed by atoms with Gasteiger partial charge in [0.05, 0.1) is 23.2 Å². The summed E-state index contributed by atoms with van der Waals surface area (Å²) in [6, 6.07) is 7.45. The fraction of sp³-hybridized carbons (Fsp3) is 0.333. The number of benzene rings is 1. The van der Waals surface area contributed by atoms with Crippen molar-refractivity contribution in [1.29, 1.82) is 0 Å². The minimum Gasteiger partial charge on any atom is -0.321 e. The molecule has 1 saturated heterocycles. The molecule has 7 heteroatoms. The number of fused-ring (bicyclic) bond motifs is 1. The molecular weight excluding hydrogens is 338 g/mol. The van der Waals surface area contributed by atoms with Crippen LogP contribution in [0.4, 0.5) is 5.69 Å². The lowest BCUT2D eigenvalue weighted by Crippen LogP contribution is -2.14. The van der Waals surface area contributed by atoms with Gasteiger partial charge in [0, 0.05) is 28.1 Å². The van der Waals surface area contributed by atoms with E-state index in [1.165, 1.54) is 0 Å². The number of anilines is 1. The smallest absolute Gasteiger partial charge is 0.256 e. The standard InChI is InChI=1S/C18H19N3O3S/c1-11-15(9-16-14-5-3-4-6-17(14)19-18(16)22)12(2)21(20-11)13-7-8-25(23,24)10-13/h3-6,9,13H,7-8,10H2,1-2H3,(H,19,22). The molecule has 0 aliphatic carbocycles. The van der Waals surface area contributed by atoms with Gasteiger partial charge in [-0.3, -0.25) is 9.48 Å². The predicted octanol–water partition coefficient (Wildman–Crippen LogP) is 2.35. The summed E-state index contributed by atoms with van der Waals surface area (Å²) >= 11 is 0. The van der Waals surface area contributed by atoms with Crippen molar-refractivity contribution in [2.45, 2.75) is 26.3 Å². The van der Waals surface area contributed by atoms with Crippen molar-refractivity contribution in [3.8, 4) is 0 Å². The van der Waals surface area contributed by atoms with E-state index < -0.39 is 9.84 Å². The number of para-hydroxylation sites is 1. The van der Waals surface area contributed by atoms with Crippen molar-refractivity contribution in [3.63, 3.8) is 0 Å². The van der Waals surface area contributed by atoms with Crippen molar-refractivity contribution < 1.29 is 13.2 Å². The van der Waals surface area contributed by atoms with Crippen LogP contribution >= 0.6 is 0 Å². The molecule has 1 N–H and O–H groups in total. The first kappa shape index (κ1) is 16.1. The highest BCUT2D eigenvalue weighted by Crippen LogP contribution is 2.34. The van der Waals surface area contributed by atoms with E-state index in [4.69, 9.17) is 0 Å². The topological polar surface area (TPSA) is 81.1 Å². The van der Waals surface area contributed by atoms with Crippen LogP contribution in [-0.2, 0) is 14.6 Å². The Balaban J connectivity index is 1.77. The molecular formula is C18H19N3O3S. The van der Waals surface area contributed by atoms with Crippen molar-refractivity contribution in [2.24, 2.45) is 0 Å². The molecule has 2 aliphatic heterocycles. The number of aryl methyl sites for hydroxylation is 1. The van der Waals surface area contributed by atoms with Crippen LogP contribution in [-0.4, -0.2) is 35.6 Å². The van der Waals surface area contributed by atoms with Gasteiger partial charge in [0.1, 0.15) is 0 Å². The molecule has 25 heavy (non-hydrogen) atoms.